The quantitative estimate of drug-likeness (QED) is 0.622. The van der Waals surface area contributed by atoms with Gasteiger partial charge in [-0.1, -0.05) is 6.92 Å². The molecule has 0 saturated heterocycles. The molecule has 0 radical (unpaired) electrons. The normalized spacial score (nSPS) is 13.1. The third-order valence-corrected chi connectivity index (χ3v) is 2.66. The monoisotopic (exact) mass is 245 g/mol. The molecule has 1 atom stereocenters. The second-order valence-electron chi connectivity index (χ2n) is 4.77. The third kappa shape index (κ3) is 2.83. The molecule has 92 valence electrons. The molecule has 0 aliphatic rings. The van der Waals surface area contributed by atoms with Gasteiger partial charge in [0.15, 0.2) is 0 Å². The van der Waals surface area contributed by atoms with Gasteiger partial charge in [0.05, 0.1) is 32.4 Å². The lowest BCUT2D eigenvalue weighted by Crippen LogP contribution is -2.36. The van der Waals surface area contributed by atoms with Gasteiger partial charge in [-0.25, -0.2) is 5.10 Å². The largest absolute Gasteiger partial charge is 0.312 e. The molecule has 16 heavy (non-hydrogen) atoms. The Kier molecular flexibility index (Phi) is 5.16. The Labute approximate surface area is 104 Å². The van der Waals surface area contributed by atoms with Crippen LogP contribution in [0.1, 0.15) is 30.5 Å². The Morgan fingerprint density at radius 3 is 2.38 bits per heavy atom. The fraction of sp³-hybridized carbons (Fsp3) is 0.636. The fourth-order valence-electron chi connectivity index (χ4n) is 1.79. The van der Waals surface area contributed by atoms with Crippen LogP contribution in [-0.4, -0.2) is 37.6 Å². The van der Waals surface area contributed by atoms with Gasteiger partial charge in [-0.15, -0.1) is 12.4 Å². The van der Waals surface area contributed by atoms with Crippen molar-refractivity contribution in [3.63, 3.8) is 0 Å². The van der Waals surface area contributed by atoms with Crippen LogP contribution in [-0.2, 0) is 0 Å². The molecule has 0 amide bonds. The number of hydrogen-bond donors (Lipinski definition) is 2. The van der Waals surface area contributed by atoms with E-state index < -0.39 is 0 Å². The maximum Gasteiger partial charge on any atom is 0.226 e. The zero-order chi connectivity index (χ0) is 11.6. The molecule has 0 saturated carbocycles. The predicted molar refractivity (Wildman–Crippen MR) is 72.0 cm³/mol. The molecule has 0 bridgehead atoms. The van der Waals surface area contributed by atoms with E-state index in [-0.39, 0.29) is 18.3 Å². The van der Waals surface area contributed by atoms with Crippen LogP contribution in [0.2, 0.25) is 0 Å². The summed E-state index contributed by atoms with van der Waals surface area (Å²) in [5.74, 6) is 1.28. The molecule has 0 fully saturated rings. The first-order valence-electron chi connectivity index (χ1n) is 5.29. The molecular formula is C11H22ClN4+. The predicted octanol–water partition coefficient (Wildman–Crippen LogP) is 2.48. The Morgan fingerprint density at radius 1 is 1.44 bits per heavy atom. The molecule has 4 nitrogen and oxygen atoms in total. The van der Waals surface area contributed by atoms with Gasteiger partial charge in [-0.05, 0) is 13.3 Å². The fourth-order valence-corrected chi connectivity index (χ4v) is 1.79. The van der Waals surface area contributed by atoms with Crippen LogP contribution in [0, 0.1) is 12.3 Å². The standard InChI is InChI=1S/C11H21N4.ClH/c1-6-9(7-12)10-8(2)13-14-11(10)15(3,4)5;/h7,9,12H,6H2,1-5H3,(H,13,14);1H/q+1;/t9-;/m0./s1. The first-order chi connectivity index (χ1) is 6.91. The summed E-state index contributed by atoms with van der Waals surface area (Å²) in [5, 5.41) is 14.8. The number of aromatic amines is 1. The van der Waals surface area contributed by atoms with Crippen LogP contribution in [0.4, 0.5) is 5.82 Å². The SMILES string of the molecule is CC[C@@H](C=N)c1c(C)n[nH]c1[N+](C)(C)C.Cl. The zero-order valence-electron chi connectivity index (χ0n) is 10.7. The highest BCUT2D eigenvalue weighted by molar-refractivity contribution is 5.85. The molecule has 1 aromatic heterocycles. The molecule has 5 heteroatoms. The molecule has 0 aliphatic carbocycles. The number of hydrogen-bond acceptors (Lipinski definition) is 2. The number of rotatable bonds is 4. The topological polar surface area (TPSA) is 52.5 Å². The summed E-state index contributed by atoms with van der Waals surface area (Å²) in [7, 11) is 6.31. The minimum atomic E-state index is 0. The first kappa shape index (κ1) is 15.1. The second-order valence-corrected chi connectivity index (χ2v) is 4.77. The van der Waals surface area contributed by atoms with E-state index >= 15 is 0 Å². The summed E-state index contributed by atoms with van der Waals surface area (Å²) >= 11 is 0. The van der Waals surface area contributed by atoms with Crippen molar-refractivity contribution in [1.29, 1.82) is 5.41 Å². The van der Waals surface area contributed by atoms with E-state index in [1.807, 2.05) is 6.92 Å². The molecule has 0 aliphatic heterocycles. The van der Waals surface area contributed by atoms with Gasteiger partial charge < -0.3 is 5.41 Å². The van der Waals surface area contributed by atoms with Crippen LogP contribution in [0.3, 0.4) is 0 Å². The van der Waals surface area contributed by atoms with E-state index in [1.165, 1.54) is 11.8 Å². The van der Waals surface area contributed by atoms with Crippen molar-refractivity contribution in [2.45, 2.75) is 26.2 Å². The summed E-state index contributed by atoms with van der Waals surface area (Å²) in [6, 6.07) is 0. The van der Waals surface area contributed by atoms with Crippen molar-refractivity contribution >= 4 is 24.4 Å². The van der Waals surface area contributed by atoms with Crippen LogP contribution < -0.4 is 4.48 Å². The minimum Gasteiger partial charge on any atom is -0.312 e. The first-order valence-corrected chi connectivity index (χ1v) is 5.29. The molecule has 1 rings (SSSR count). The lowest BCUT2D eigenvalue weighted by molar-refractivity contribution is 0.467. The number of aryl methyl sites for hydroxylation is 1. The van der Waals surface area contributed by atoms with Crippen molar-refractivity contribution in [1.82, 2.24) is 14.7 Å². The summed E-state index contributed by atoms with van der Waals surface area (Å²) in [6.45, 7) is 4.10. The van der Waals surface area contributed by atoms with Crippen molar-refractivity contribution in [2.24, 2.45) is 0 Å². The average Bonchev–Trinajstić information content (AvgIpc) is 2.50. The van der Waals surface area contributed by atoms with E-state index in [1.54, 1.807) is 0 Å². The summed E-state index contributed by atoms with van der Waals surface area (Å²) in [5.41, 5.74) is 2.19. The smallest absolute Gasteiger partial charge is 0.226 e. The van der Waals surface area contributed by atoms with Gasteiger partial charge in [0.25, 0.3) is 0 Å². The molecule has 0 spiro atoms. The Balaban J connectivity index is 0.00000225. The van der Waals surface area contributed by atoms with E-state index in [0.29, 0.717) is 4.48 Å². The highest BCUT2D eigenvalue weighted by atomic mass is 35.5. The van der Waals surface area contributed by atoms with Gasteiger partial charge in [-0.3, -0.25) is 4.48 Å². The van der Waals surface area contributed by atoms with E-state index in [4.69, 9.17) is 5.41 Å². The van der Waals surface area contributed by atoms with E-state index in [0.717, 1.165) is 17.9 Å². The number of nitrogens with zero attached hydrogens (tertiary/aromatic N) is 2. The van der Waals surface area contributed by atoms with Crippen LogP contribution in [0.15, 0.2) is 0 Å². The maximum absolute atomic E-state index is 7.46. The van der Waals surface area contributed by atoms with E-state index in [2.05, 4.69) is 38.3 Å². The second kappa shape index (κ2) is 5.46. The van der Waals surface area contributed by atoms with Gasteiger partial charge in [0.1, 0.15) is 0 Å². The molecule has 2 N–H and O–H groups in total. The van der Waals surface area contributed by atoms with Crippen molar-refractivity contribution < 1.29 is 0 Å². The van der Waals surface area contributed by atoms with Crippen molar-refractivity contribution in [3.8, 4) is 0 Å². The van der Waals surface area contributed by atoms with Gasteiger partial charge in [0, 0.05) is 12.1 Å². The molecular weight excluding hydrogens is 224 g/mol. The lowest BCUT2D eigenvalue weighted by Gasteiger charge is -2.24. The highest BCUT2D eigenvalue weighted by Gasteiger charge is 2.26. The van der Waals surface area contributed by atoms with Crippen LogP contribution >= 0.6 is 12.4 Å². The van der Waals surface area contributed by atoms with Crippen molar-refractivity contribution in [3.05, 3.63) is 11.3 Å². The van der Waals surface area contributed by atoms with E-state index in [9.17, 15) is 0 Å². The number of H-pyrrole nitrogens is 1. The average molecular weight is 246 g/mol. The van der Waals surface area contributed by atoms with Crippen molar-refractivity contribution in [2.75, 3.05) is 21.1 Å². The molecule has 0 unspecified atom stereocenters. The van der Waals surface area contributed by atoms with Crippen LogP contribution in [0.5, 0.6) is 0 Å². The highest BCUT2D eigenvalue weighted by Crippen LogP contribution is 2.30. The lowest BCUT2D eigenvalue weighted by atomic mass is 9.97. The Morgan fingerprint density at radius 2 is 2.00 bits per heavy atom. The zero-order valence-corrected chi connectivity index (χ0v) is 11.5. The molecule has 1 aromatic rings. The Bertz CT molecular complexity index is 351. The number of aromatic nitrogens is 2. The van der Waals surface area contributed by atoms with Crippen LogP contribution in [0.25, 0.3) is 0 Å². The Hall–Kier alpha value is -0.870. The third-order valence-electron chi connectivity index (χ3n) is 2.66. The summed E-state index contributed by atoms with van der Waals surface area (Å²) < 4.78 is 0.709. The summed E-state index contributed by atoms with van der Waals surface area (Å²) in [6.07, 6.45) is 2.45. The molecule has 1 heterocycles. The number of quaternary nitrogens is 1. The van der Waals surface area contributed by atoms with Gasteiger partial charge >= 0.3 is 0 Å². The maximum atomic E-state index is 7.46. The number of halogens is 1. The summed E-state index contributed by atoms with van der Waals surface area (Å²) in [4.78, 5) is 0. The number of nitrogens with one attached hydrogen (secondary N) is 2. The molecule has 0 aromatic carbocycles. The van der Waals surface area contributed by atoms with Gasteiger partial charge in [0.2, 0.25) is 5.82 Å². The van der Waals surface area contributed by atoms with Gasteiger partial charge in [-0.2, -0.15) is 5.10 Å². The minimum absolute atomic E-state index is 0.